The molecule has 10 heteroatoms. The van der Waals surface area contributed by atoms with Gasteiger partial charge in [0.25, 0.3) is 0 Å². The van der Waals surface area contributed by atoms with Gasteiger partial charge in [-0.25, -0.2) is 18.4 Å². The van der Waals surface area contributed by atoms with E-state index in [0.717, 1.165) is 17.1 Å². The van der Waals surface area contributed by atoms with E-state index >= 15 is 0 Å². The minimum absolute atomic E-state index is 0.0324. The first-order valence-electron chi connectivity index (χ1n) is 8.52. The summed E-state index contributed by atoms with van der Waals surface area (Å²) < 4.78 is 24.7. The molecule has 1 aliphatic heterocycles. The van der Waals surface area contributed by atoms with Crippen LogP contribution in [0.3, 0.4) is 0 Å². The molecular formula is C16H27N5O3S2. The van der Waals surface area contributed by atoms with Gasteiger partial charge in [0.15, 0.2) is 0 Å². The molecule has 146 valence electrons. The van der Waals surface area contributed by atoms with E-state index in [4.69, 9.17) is 0 Å². The van der Waals surface area contributed by atoms with Crippen molar-refractivity contribution in [3.8, 4) is 0 Å². The number of nitrogens with zero attached hydrogens (tertiary/aromatic N) is 4. The van der Waals surface area contributed by atoms with E-state index in [9.17, 15) is 13.2 Å². The Morgan fingerprint density at radius 2 is 1.81 bits per heavy atom. The summed E-state index contributed by atoms with van der Waals surface area (Å²) in [5.41, 5.74) is 1.69. The summed E-state index contributed by atoms with van der Waals surface area (Å²) in [5.74, 6) is 1.25. The molecule has 0 spiro atoms. The van der Waals surface area contributed by atoms with Crippen molar-refractivity contribution in [2.75, 3.05) is 49.8 Å². The molecule has 1 fully saturated rings. The summed E-state index contributed by atoms with van der Waals surface area (Å²) in [4.78, 5) is 23.4. The van der Waals surface area contributed by atoms with Crippen molar-refractivity contribution in [2.24, 2.45) is 0 Å². The number of anilines is 1. The second-order valence-electron chi connectivity index (χ2n) is 6.44. The molecule has 26 heavy (non-hydrogen) atoms. The number of sulfonamides is 1. The molecule has 1 aromatic heterocycles. The zero-order chi connectivity index (χ0) is 19.3. The molecular weight excluding hydrogens is 374 g/mol. The molecule has 1 aromatic rings. The van der Waals surface area contributed by atoms with E-state index in [1.165, 1.54) is 10.6 Å². The molecule has 1 N–H and O–H groups in total. The number of aryl methyl sites for hydroxylation is 2. The first-order chi connectivity index (χ1) is 12.2. The highest BCUT2D eigenvalue weighted by atomic mass is 32.2. The maximum absolute atomic E-state index is 13.0. The second-order valence-corrected chi connectivity index (χ2v) is 9.41. The molecule has 1 aliphatic rings. The number of hydrogen-bond donors (Lipinski definition) is 1. The van der Waals surface area contributed by atoms with Gasteiger partial charge in [-0.05, 0) is 38.3 Å². The van der Waals surface area contributed by atoms with Crippen molar-refractivity contribution < 1.29 is 13.2 Å². The fourth-order valence-electron chi connectivity index (χ4n) is 2.90. The number of carbonyl (C=O) groups excluding carboxylic acids is 1. The highest BCUT2D eigenvalue weighted by molar-refractivity contribution is 7.98. The molecule has 1 atom stereocenters. The van der Waals surface area contributed by atoms with Gasteiger partial charge in [-0.15, -0.1) is 0 Å². The third-order valence-electron chi connectivity index (χ3n) is 4.21. The smallest absolute Gasteiger partial charge is 0.245 e. The van der Waals surface area contributed by atoms with Gasteiger partial charge in [0, 0.05) is 37.6 Å². The summed E-state index contributed by atoms with van der Waals surface area (Å²) in [5, 5.41) is 3.18. The Morgan fingerprint density at radius 1 is 1.23 bits per heavy atom. The fraction of sp³-hybridized carbons (Fsp3) is 0.688. The largest absolute Gasteiger partial charge is 0.342 e. The fourth-order valence-corrected chi connectivity index (χ4v) is 4.20. The van der Waals surface area contributed by atoms with Crippen LogP contribution >= 0.6 is 11.8 Å². The lowest BCUT2D eigenvalue weighted by atomic mass is 10.2. The van der Waals surface area contributed by atoms with Crippen molar-refractivity contribution >= 4 is 33.6 Å². The molecule has 0 unspecified atom stereocenters. The van der Waals surface area contributed by atoms with Gasteiger partial charge >= 0.3 is 0 Å². The van der Waals surface area contributed by atoms with Crippen molar-refractivity contribution in [3.63, 3.8) is 0 Å². The van der Waals surface area contributed by atoms with Crippen LogP contribution in [0.5, 0.6) is 0 Å². The minimum Gasteiger partial charge on any atom is -0.342 e. The van der Waals surface area contributed by atoms with Gasteiger partial charge < -0.3 is 10.2 Å². The maximum Gasteiger partial charge on any atom is 0.245 e. The molecule has 0 bridgehead atoms. The van der Waals surface area contributed by atoms with Crippen molar-refractivity contribution in [2.45, 2.75) is 26.3 Å². The first-order valence-corrected chi connectivity index (χ1v) is 11.8. The van der Waals surface area contributed by atoms with E-state index in [-0.39, 0.29) is 5.91 Å². The Labute approximate surface area is 159 Å². The molecule has 2 heterocycles. The van der Waals surface area contributed by atoms with Crippen molar-refractivity contribution in [1.82, 2.24) is 19.2 Å². The Bertz CT molecular complexity index is 713. The van der Waals surface area contributed by atoms with Crippen LogP contribution in [-0.4, -0.2) is 84.0 Å². The van der Waals surface area contributed by atoms with E-state index in [0.29, 0.717) is 38.5 Å². The van der Waals surface area contributed by atoms with Crippen LogP contribution in [0.4, 0.5) is 5.95 Å². The number of hydrogen-bond acceptors (Lipinski definition) is 7. The predicted molar refractivity (Wildman–Crippen MR) is 105 cm³/mol. The topological polar surface area (TPSA) is 95.5 Å². The van der Waals surface area contributed by atoms with Crippen LogP contribution in [0, 0.1) is 13.8 Å². The number of piperazine rings is 1. The number of rotatable bonds is 7. The van der Waals surface area contributed by atoms with Crippen LogP contribution in [0.25, 0.3) is 0 Å². The quantitative estimate of drug-likeness (QED) is 0.719. The third kappa shape index (κ3) is 5.82. The summed E-state index contributed by atoms with van der Waals surface area (Å²) in [6.45, 7) is 5.25. The van der Waals surface area contributed by atoms with Gasteiger partial charge in [-0.3, -0.25) is 4.79 Å². The predicted octanol–water partition coefficient (Wildman–Crippen LogP) is 0.731. The molecule has 1 saturated heterocycles. The van der Waals surface area contributed by atoms with Crippen LogP contribution in [0.1, 0.15) is 17.8 Å². The van der Waals surface area contributed by atoms with Crippen molar-refractivity contribution in [3.05, 3.63) is 17.5 Å². The van der Waals surface area contributed by atoms with Gasteiger partial charge in [-0.1, -0.05) is 0 Å². The van der Waals surface area contributed by atoms with E-state index < -0.39 is 16.1 Å². The number of nitrogens with one attached hydrogen (secondary N) is 1. The summed E-state index contributed by atoms with van der Waals surface area (Å²) >= 11 is 1.68. The average Bonchev–Trinajstić information content (AvgIpc) is 2.56. The lowest BCUT2D eigenvalue weighted by Gasteiger charge is -2.35. The highest BCUT2D eigenvalue weighted by Gasteiger charge is 2.30. The lowest BCUT2D eigenvalue weighted by molar-refractivity contribution is -0.133. The maximum atomic E-state index is 13.0. The summed E-state index contributed by atoms with van der Waals surface area (Å²) in [6.07, 6.45) is 3.85. The SMILES string of the molecule is CSCC[C@@H](Nc1nc(C)cc(C)n1)C(=O)N1CCN(S(C)(=O)=O)CC1. The monoisotopic (exact) mass is 401 g/mol. The zero-order valence-electron chi connectivity index (χ0n) is 15.7. The molecule has 0 radical (unpaired) electrons. The molecule has 0 aromatic carbocycles. The molecule has 2 rings (SSSR count). The summed E-state index contributed by atoms with van der Waals surface area (Å²) in [7, 11) is -3.21. The Morgan fingerprint density at radius 3 is 2.31 bits per heavy atom. The normalized spacial score (nSPS) is 17.2. The van der Waals surface area contributed by atoms with Crippen molar-refractivity contribution in [1.29, 1.82) is 0 Å². The van der Waals surface area contributed by atoms with Gasteiger partial charge in [0.1, 0.15) is 6.04 Å². The molecule has 1 amide bonds. The van der Waals surface area contributed by atoms with E-state index in [2.05, 4.69) is 15.3 Å². The van der Waals surface area contributed by atoms with Crippen LogP contribution in [-0.2, 0) is 14.8 Å². The second kappa shape index (κ2) is 9.01. The Hall–Kier alpha value is -1.39. The average molecular weight is 402 g/mol. The van der Waals surface area contributed by atoms with E-state index in [1.54, 1.807) is 16.7 Å². The number of aromatic nitrogens is 2. The van der Waals surface area contributed by atoms with Crippen LogP contribution in [0.2, 0.25) is 0 Å². The molecule has 8 nitrogen and oxygen atoms in total. The Kier molecular flexibility index (Phi) is 7.24. The van der Waals surface area contributed by atoms with Gasteiger partial charge in [-0.2, -0.15) is 16.1 Å². The Balaban J connectivity index is 2.07. The number of thioether (sulfide) groups is 1. The zero-order valence-corrected chi connectivity index (χ0v) is 17.4. The van der Waals surface area contributed by atoms with Gasteiger partial charge in [0.05, 0.1) is 6.26 Å². The molecule has 0 saturated carbocycles. The minimum atomic E-state index is -3.21. The highest BCUT2D eigenvalue weighted by Crippen LogP contribution is 2.14. The standard InChI is InChI=1S/C16H27N5O3S2/c1-12-11-13(2)18-16(17-12)19-14(5-10-25-3)15(22)20-6-8-21(9-7-20)26(4,23)24/h11,14H,5-10H2,1-4H3,(H,17,18,19)/t14-/m1/s1. The van der Waals surface area contributed by atoms with Crippen LogP contribution < -0.4 is 5.32 Å². The first kappa shape index (κ1) is 20.9. The molecule has 0 aliphatic carbocycles. The lowest BCUT2D eigenvalue weighted by Crippen LogP contribution is -2.53. The number of amides is 1. The van der Waals surface area contributed by atoms with Gasteiger partial charge in [0.2, 0.25) is 21.9 Å². The van der Waals surface area contributed by atoms with Crippen LogP contribution in [0.15, 0.2) is 6.07 Å². The third-order valence-corrected chi connectivity index (χ3v) is 6.16. The number of carbonyl (C=O) groups is 1. The summed E-state index contributed by atoms with van der Waals surface area (Å²) in [6, 6.07) is 1.46. The van der Waals surface area contributed by atoms with E-state index in [1.807, 2.05) is 26.2 Å².